The van der Waals surface area contributed by atoms with Crippen LogP contribution < -0.4 is 26.2 Å². The summed E-state index contributed by atoms with van der Waals surface area (Å²) in [6, 6.07) is 44.3. The van der Waals surface area contributed by atoms with Gasteiger partial charge in [-0.3, -0.25) is 0 Å². The van der Waals surface area contributed by atoms with Gasteiger partial charge in [0.1, 0.15) is 0 Å². The molecule has 0 saturated carbocycles. The molecule has 0 spiro atoms. The lowest BCUT2D eigenvalue weighted by Gasteiger charge is -2.45. The van der Waals surface area contributed by atoms with Crippen LogP contribution >= 0.6 is 0 Å². The lowest BCUT2D eigenvalue weighted by atomic mass is 9.33. The monoisotopic (exact) mass is 652 g/mol. The minimum absolute atomic E-state index is 0.0186. The van der Waals surface area contributed by atoms with Crippen LogP contribution in [0.25, 0.3) is 10.8 Å². The van der Waals surface area contributed by atoms with Crippen molar-refractivity contribution >= 4 is 68.0 Å². The predicted octanol–water partition coefficient (Wildman–Crippen LogP) is 11.1. The first-order valence-electron chi connectivity index (χ1n) is 18.2. The fourth-order valence-corrected chi connectivity index (χ4v) is 8.06. The third kappa shape index (κ3) is 5.25. The maximum atomic E-state index is 2.54. The van der Waals surface area contributed by atoms with E-state index in [1.165, 1.54) is 83.5 Å². The van der Waals surface area contributed by atoms with Gasteiger partial charge in [0.25, 0.3) is 6.71 Å². The van der Waals surface area contributed by atoms with Crippen LogP contribution in [0.1, 0.15) is 84.6 Å². The molecule has 0 fully saturated rings. The van der Waals surface area contributed by atoms with E-state index in [0.717, 1.165) is 0 Å². The Bertz CT molecular complexity index is 2290. The third-order valence-electron chi connectivity index (χ3n) is 10.9. The first kappa shape index (κ1) is 32.4. The molecule has 2 aliphatic heterocycles. The number of anilines is 6. The predicted molar refractivity (Wildman–Crippen MR) is 219 cm³/mol. The Morgan fingerprint density at radius 1 is 0.420 bits per heavy atom. The molecule has 0 aliphatic carbocycles. The summed E-state index contributed by atoms with van der Waals surface area (Å²) in [6.07, 6.45) is 0. The average molecular weight is 653 g/mol. The van der Waals surface area contributed by atoms with Crippen LogP contribution in [0.4, 0.5) is 34.1 Å². The number of nitrogens with zero attached hydrogens (tertiary/aromatic N) is 2. The Morgan fingerprint density at radius 3 is 1.40 bits per heavy atom. The summed E-state index contributed by atoms with van der Waals surface area (Å²) in [5, 5.41) is 2.51. The smallest absolute Gasteiger partial charge is 0.252 e. The second-order valence-electron chi connectivity index (χ2n) is 17.7. The van der Waals surface area contributed by atoms with Crippen LogP contribution in [0.5, 0.6) is 0 Å². The molecule has 250 valence electrons. The summed E-state index contributed by atoms with van der Waals surface area (Å²) < 4.78 is 0. The lowest BCUT2D eigenvalue weighted by Crippen LogP contribution is -2.61. The fraction of sp³-hybridized carbons (Fsp3) is 0.277. The summed E-state index contributed by atoms with van der Waals surface area (Å²) in [6.45, 7) is 23.2. The molecule has 0 aromatic heterocycles. The Morgan fingerprint density at radius 2 is 0.880 bits per heavy atom. The molecule has 0 amide bonds. The van der Waals surface area contributed by atoms with E-state index in [4.69, 9.17) is 0 Å². The van der Waals surface area contributed by atoms with Gasteiger partial charge in [-0.25, -0.2) is 0 Å². The largest absolute Gasteiger partial charge is 0.311 e. The van der Waals surface area contributed by atoms with Crippen molar-refractivity contribution in [1.82, 2.24) is 0 Å². The van der Waals surface area contributed by atoms with Crippen molar-refractivity contribution in [3.8, 4) is 0 Å². The van der Waals surface area contributed by atoms with Crippen LogP contribution in [0, 0.1) is 6.92 Å². The van der Waals surface area contributed by atoms with E-state index in [2.05, 4.69) is 194 Å². The van der Waals surface area contributed by atoms with Gasteiger partial charge in [0.2, 0.25) is 0 Å². The molecule has 0 unspecified atom stereocenters. The number of benzene rings is 6. The Kier molecular flexibility index (Phi) is 7.22. The highest BCUT2D eigenvalue weighted by Gasteiger charge is 2.44. The second kappa shape index (κ2) is 11.1. The minimum Gasteiger partial charge on any atom is -0.311 e. The maximum absolute atomic E-state index is 2.54. The summed E-state index contributed by atoms with van der Waals surface area (Å²) >= 11 is 0. The molecule has 0 N–H and O–H groups in total. The molecule has 2 nitrogen and oxygen atoms in total. The number of fused-ring (bicyclic) bond motifs is 5. The van der Waals surface area contributed by atoms with Crippen molar-refractivity contribution in [2.45, 2.75) is 85.5 Å². The molecule has 8 rings (SSSR count). The van der Waals surface area contributed by atoms with Crippen LogP contribution in [0.3, 0.4) is 0 Å². The van der Waals surface area contributed by atoms with E-state index in [1.54, 1.807) is 0 Å². The number of hydrogen-bond donors (Lipinski definition) is 0. The summed E-state index contributed by atoms with van der Waals surface area (Å²) in [4.78, 5) is 5.07. The van der Waals surface area contributed by atoms with E-state index in [9.17, 15) is 0 Å². The summed E-state index contributed by atoms with van der Waals surface area (Å²) in [5.74, 6) is 0. The van der Waals surface area contributed by atoms with Crippen LogP contribution in [0.2, 0.25) is 0 Å². The maximum Gasteiger partial charge on any atom is 0.252 e. The van der Waals surface area contributed by atoms with Gasteiger partial charge in [-0.2, -0.15) is 0 Å². The molecular formula is C47H49BN2. The van der Waals surface area contributed by atoms with Crippen molar-refractivity contribution in [1.29, 1.82) is 0 Å². The van der Waals surface area contributed by atoms with E-state index in [-0.39, 0.29) is 23.0 Å². The zero-order valence-corrected chi connectivity index (χ0v) is 31.4. The minimum atomic E-state index is 0.0186. The second-order valence-corrected chi connectivity index (χ2v) is 17.7. The Labute approximate surface area is 299 Å². The molecular weight excluding hydrogens is 603 g/mol. The van der Waals surface area contributed by atoms with Crippen LogP contribution in [0.15, 0.2) is 115 Å². The van der Waals surface area contributed by atoms with Crippen molar-refractivity contribution < 1.29 is 0 Å². The molecule has 2 aliphatic rings. The molecule has 0 atom stereocenters. The summed E-state index contributed by atoms with van der Waals surface area (Å²) in [5.41, 5.74) is 17.0. The SMILES string of the molecule is Cc1cc2c3c(c1)N(c1ccc4ccccc4c1)c1ccc(C(C)(C)C)cc1B3c1cc(C(C)(C)C)ccc1N2c1ccc(C(C)(C)C)cc1. The molecule has 0 bridgehead atoms. The van der Waals surface area contributed by atoms with Crippen molar-refractivity contribution in [2.24, 2.45) is 0 Å². The van der Waals surface area contributed by atoms with Crippen molar-refractivity contribution in [3.63, 3.8) is 0 Å². The molecule has 6 aromatic carbocycles. The van der Waals surface area contributed by atoms with E-state index < -0.39 is 0 Å². The first-order valence-corrected chi connectivity index (χ1v) is 18.2. The molecule has 0 radical (unpaired) electrons. The fourth-order valence-electron chi connectivity index (χ4n) is 8.06. The zero-order chi connectivity index (χ0) is 35.3. The van der Waals surface area contributed by atoms with Gasteiger partial charge in [0, 0.05) is 34.1 Å². The molecule has 2 heterocycles. The van der Waals surface area contributed by atoms with E-state index in [1.807, 2.05) is 0 Å². The molecule has 50 heavy (non-hydrogen) atoms. The van der Waals surface area contributed by atoms with Gasteiger partial charge in [-0.05, 0) is 121 Å². The molecule has 3 heteroatoms. The van der Waals surface area contributed by atoms with Gasteiger partial charge in [0.05, 0.1) is 0 Å². The number of hydrogen-bond acceptors (Lipinski definition) is 2. The normalized spacial score (nSPS) is 14.1. The van der Waals surface area contributed by atoms with Gasteiger partial charge in [-0.15, -0.1) is 0 Å². The third-order valence-corrected chi connectivity index (χ3v) is 10.9. The van der Waals surface area contributed by atoms with Gasteiger partial charge < -0.3 is 9.80 Å². The molecule has 0 saturated heterocycles. The quantitative estimate of drug-likeness (QED) is 0.172. The van der Waals surface area contributed by atoms with E-state index >= 15 is 0 Å². The van der Waals surface area contributed by atoms with Gasteiger partial charge in [-0.1, -0.05) is 129 Å². The lowest BCUT2D eigenvalue weighted by molar-refractivity contribution is 0.590. The van der Waals surface area contributed by atoms with Gasteiger partial charge >= 0.3 is 0 Å². The zero-order valence-electron chi connectivity index (χ0n) is 31.4. The number of rotatable bonds is 2. The summed E-state index contributed by atoms with van der Waals surface area (Å²) in [7, 11) is 0. The standard InChI is InChI=1S/C47H49BN2/c1-30-25-42-44-43(26-30)50(37-20-15-31-13-11-12-14-32(31)27-37)41-24-19-35(47(8,9)10)29-39(41)48(44)38-28-34(46(5,6)7)18-23-40(38)49(42)36-21-16-33(17-22-36)45(2,3)4/h11-29H,1-10H3. The van der Waals surface area contributed by atoms with Crippen LogP contribution in [-0.4, -0.2) is 6.71 Å². The van der Waals surface area contributed by atoms with Crippen molar-refractivity contribution in [3.05, 3.63) is 138 Å². The highest BCUT2D eigenvalue weighted by atomic mass is 15.2. The first-order chi connectivity index (χ1) is 23.6. The number of aryl methyl sites for hydroxylation is 1. The highest BCUT2D eigenvalue weighted by molar-refractivity contribution is 7.00. The van der Waals surface area contributed by atoms with Crippen LogP contribution in [-0.2, 0) is 16.2 Å². The van der Waals surface area contributed by atoms with E-state index in [0.29, 0.717) is 0 Å². The van der Waals surface area contributed by atoms with Crippen molar-refractivity contribution in [2.75, 3.05) is 9.80 Å². The molecule has 6 aromatic rings. The average Bonchev–Trinajstić information content (AvgIpc) is 3.06. The Hall–Kier alpha value is -4.76. The topological polar surface area (TPSA) is 6.48 Å². The Balaban J connectivity index is 1.47. The highest BCUT2D eigenvalue weighted by Crippen LogP contribution is 2.46. The van der Waals surface area contributed by atoms with Gasteiger partial charge in [0.15, 0.2) is 0 Å².